The monoisotopic (exact) mass is 163 g/mol. The summed E-state index contributed by atoms with van der Waals surface area (Å²) in [5, 5.41) is 0. The third-order valence-corrected chi connectivity index (χ3v) is 2.20. The van der Waals surface area contributed by atoms with Gasteiger partial charge in [-0.1, -0.05) is 26.8 Å². The van der Waals surface area contributed by atoms with Gasteiger partial charge in [0.15, 0.2) is 0 Å². The van der Waals surface area contributed by atoms with Crippen LogP contribution in [0.1, 0.15) is 39.5 Å². The molecule has 0 bridgehead atoms. The first-order valence-corrected chi connectivity index (χ1v) is 4.72. The quantitative estimate of drug-likeness (QED) is 0.604. The second kappa shape index (κ2) is 4.24. The number of hydrogen-bond acceptors (Lipinski definition) is 1. The smallest absolute Gasteiger partial charge is 0.0434 e. The van der Waals surface area contributed by atoms with E-state index < -0.39 is 0 Å². The molecule has 1 aliphatic rings. The molecule has 0 atom stereocenters. The average molecular weight is 163 g/mol. The molecule has 0 N–H and O–H groups in total. The van der Waals surface area contributed by atoms with E-state index in [1.807, 2.05) is 6.21 Å². The molecule has 0 amide bonds. The fourth-order valence-electron chi connectivity index (χ4n) is 1.58. The lowest BCUT2D eigenvalue weighted by molar-refractivity contribution is 0.855. The lowest BCUT2D eigenvalue weighted by Gasteiger charge is -2.15. The Bertz CT molecular complexity index is 233. The van der Waals surface area contributed by atoms with Crippen molar-refractivity contribution in [1.82, 2.24) is 0 Å². The summed E-state index contributed by atoms with van der Waals surface area (Å²) in [6.07, 6.45) is 6.26. The van der Waals surface area contributed by atoms with Crippen molar-refractivity contribution >= 4 is 6.21 Å². The van der Waals surface area contributed by atoms with Crippen LogP contribution in [-0.2, 0) is 0 Å². The highest BCUT2D eigenvalue weighted by Gasteiger charge is 2.09. The van der Waals surface area contributed by atoms with Gasteiger partial charge in [0, 0.05) is 18.3 Å². The summed E-state index contributed by atoms with van der Waals surface area (Å²) in [5.74, 6) is 0. The zero-order valence-corrected chi connectivity index (χ0v) is 8.06. The van der Waals surface area contributed by atoms with Crippen molar-refractivity contribution in [1.29, 1.82) is 0 Å². The van der Waals surface area contributed by atoms with Crippen LogP contribution < -0.4 is 0 Å². The van der Waals surface area contributed by atoms with Crippen molar-refractivity contribution in [2.45, 2.75) is 39.5 Å². The molecule has 0 aliphatic carbocycles. The van der Waals surface area contributed by atoms with Crippen LogP contribution in [0.25, 0.3) is 0 Å². The summed E-state index contributed by atoms with van der Waals surface area (Å²) in [5.41, 5.74) is 3.91. The maximum absolute atomic E-state index is 4.42. The van der Waals surface area contributed by atoms with Gasteiger partial charge in [-0.15, -0.1) is 0 Å². The van der Waals surface area contributed by atoms with Crippen LogP contribution in [0.3, 0.4) is 0 Å². The largest absolute Gasteiger partial charge is 0.265 e. The van der Waals surface area contributed by atoms with Crippen LogP contribution in [0.4, 0.5) is 0 Å². The van der Waals surface area contributed by atoms with Crippen LogP contribution in [-0.4, -0.2) is 6.21 Å². The Labute approximate surface area is 74.9 Å². The standard InChI is InChI=1S/C11H17N/c1-4-6-11-10(5-2)9(3)7-8-12-11/h8H,3-7H2,1-2H3. The molecule has 0 fully saturated rings. The first-order chi connectivity index (χ1) is 5.79. The third-order valence-electron chi connectivity index (χ3n) is 2.20. The van der Waals surface area contributed by atoms with Crippen molar-refractivity contribution in [3.8, 4) is 0 Å². The maximum Gasteiger partial charge on any atom is 0.0434 e. The first-order valence-electron chi connectivity index (χ1n) is 4.72. The van der Waals surface area contributed by atoms with Gasteiger partial charge in [0.2, 0.25) is 0 Å². The molecule has 1 heteroatoms. The molecule has 1 heterocycles. The van der Waals surface area contributed by atoms with E-state index in [0.29, 0.717) is 0 Å². The molecule has 1 nitrogen and oxygen atoms in total. The Balaban J connectivity index is 2.86. The molecular weight excluding hydrogens is 146 g/mol. The molecule has 0 saturated heterocycles. The SMILES string of the molecule is C=C1CC=NC(CCC)=C1CC. The molecule has 66 valence electrons. The molecular formula is C11H17N. The van der Waals surface area contributed by atoms with Crippen molar-refractivity contribution in [3.63, 3.8) is 0 Å². The molecule has 1 rings (SSSR count). The lowest BCUT2D eigenvalue weighted by atomic mass is 9.96. The summed E-state index contributed by atoms with van der Waals surface area (Å²) in [4.78, 5) is 4.42. The normalized spacial score (nSPS) is 17.3. The average Bonchev–Trinajstić information content (AvgIpc) is 2.05. The molecule has 0 aromatic heterocycles. The highest BCUT2D eigenvalue weighted by Crippen LogP contribution is 2.26. The van der Waals surface area contributed by atoms with Crippen molar-refractivity contribution in [2.75, 3.05) is 0 Å². The first kappa shape index (κ1) is 9.24. The molecule has 0 aromatic carbocycles. The molecule has 0 saturated carbocycles. The van der Waals surface area contributed by atoms with E-state index in [1.54, 1.807) is 0 Å². The molecule has 0 radical (unpaired) electrons. The van der Waals surface area contributed by atoms with Gasteiger partial charge in [-0.05, 0) is 24.0 Å². The predicted molar refractivity (Wildman–Crippen MR) is 54.5 cm³/mol. The fourth-order valence-corrected chi connectivity index (χ4v) is 1.58. The zero-order valence-electron chi connectivity index (χ0n) is 8.06. The number of rotatable bonds is 3. The predicted octanol–water partition coefficient (Wildman–Crippen LogP) is 3.48. The van der Waals surface area contributed by atoms with Crippen LogP contribution >= 0.6 is 0 Å². The number of hydrogen-bond donors (Lipinski definition) is 0. The fraction of sp³-hybridized carbons (Fsp3) is 0.545. The van der Waals surface area contributed by atoms with Gasteiger partial charge in [0.25, 0.3) is 0 Å². The Hall–Kier alpha value is -0.850. The van der Waals surface area contributed by atoms with E-state index in [0.717, 1.165) is 19.3 Å². The van der Waals surface area contributed by atoms with E-state index in [1.165, 1.54) is 23.3 Å². The molecule has 0 spiro atoms. The minimum Gasteiger partial charge on any atom is -0.265 e. The van der Waals surface area contributed by atoms with Gasteiger partial charge in [-0.3, -0.25) is 4.99 Å². The van der Waals surface area contributed by atoms with Crippen LogP contribution in [0.5, 0.6) is 0 Å². The summed E-state index contributed by atoms with van der Waals surface area (Å²) in [6.45, 7) is 8.42. The van der Waals surface area contributed by atoms with Crippen LogP contribution in [0, 0.1) is 0 Å². The highest BCUT2D eigenvalue weighted by atomic mass is 14.7. The van der Waals surface area contributed by atoms with Gasteiger partial charge in [0.05, 0.1) is 0 Å². The Morgan fingerprint density at radius 2 is 2.25 bits per heavy atom. The molecule has 0 unspecified atom stereocenters. The molecule has 12 heavy (non-hydrogen) atoms. The van der Waals surface area contributed by atoms with Crippen molar-refractivity contribution in [2.24, 2.45) is 4.99 Å². The van der Waals surface area contributed by atoms with Gasteiger partial charge >= 0.3 is 0 Å². The Morgan fingerprint density at radius 1 is 1.50 bits per heavy atom. The number of nitrogens with zero attached hydrogens (tertiary/aromatic N) is 1. The third kappa shape index (κ3) is 1.84. The van der Waals surface area contributed by atoms with Crippen molar-refractivity contribution in [3.05, 3.63) is 23.4 Å². The number of allylic oxidation sites excluding steroid dienone is 3. The van der Waals surface area contributed by atoms with E-state index >= 15 is 0 Å². The van der Waals surface area contributed by atoms with Gasteiger partial charge in [-0.25, -0.2) is 0 Å². The van der Waals surface area contributed by atoms with Crippen LogP contribution in [0.15, 0.2) is 28.4 Å². The summed E-state index contributed by atoms with van der Waals surface area (Å²) < 4.78 is 0. The minimum atomic E-state index is 0.941. The van der Waals surface area contributed by atoms with Crippen molar-refractivity contribution < 1.29 is 0 Å². The van der Waals surface area contributed by atoms with Crippen LogP contribution in [0.2, 0.25) is 0 Å². The summed E-state index contributed by atoms with van der Waals surface area (Å²) in [6, 6.07) is 0. The molecule has 1 aliphatic heterocycles. The molecule has 0 aromatic rings. The van der Waals surface area contributed by atoms with E-state index in [2.05, 4.69) is 25.4 Å². The number of aliphatic imine (C=N–C) groups is 1. The minimum absolute atomic E-state index is 0.941. The second-order valence-electron chi connectivity index (χ2n) is 3.15. The summed E-state index contributed by atoms with van der Waals surface area (Å²) in [7, 11) is 0. The van der Waals surface area contributed by atoms with E-state index in [4.69, 9.17) is 0 Å². The highest BCUT2D eigenvalue weighted by molar-refractivity contribution is 5.68. The topological polar surface area (TPSA) is 12.4 Å². The Kier molecular flexibility index (Phi) is 3.27. The zero-order chi connectivity index (χ0) is 8.97. The van der Waals surface area contributed by atoms with Gasteiger partial charge in [0.1, 0.15) is 0 Å². The van der Waals surface area contributed by atoms with Gasteiger partial charge < -0.3 is 0 Å². The second-order valence-corrected chi connectivity index (χ2v) is 3.15. The Morgan fingerprint density at radius 3 is 2.83 bits per heavy atom. The lowest BCUT2D eigenvalue weighted by Crippen LogP contribution is -1.99. The van der Waals surface area contributed by atoms with Gasteiger partial charge in [-0.2, -0.15) is 0 Å². The van der Waals surface area contributed by atoms with E-state index in [-0.39, 0.29) is 0 Å². The summed E-state index contributed by atoms with van der Waals surface area (Å²) >= 11 is 0. The maximum atomic E-state index is 4.42. The van der Waals surface area contributed by atoms with E-state index in [9.17, 15) is 0 Å².